The number of phenolic OH excluding ortho intramolecular Hbond substituents is 2. The Morgan fingerprint density at radius 3 is 2.53 bits per heavy atom. The molecule has 5 aliphatic carbocycles. The molecule has 0 heterocycles. The second kappa shape index (κ2) is 19.0. The Hall–Kier alpha value is -4.22. The Morgan fingerprint density at radius 2 is 1.77 bits per heavy atom. The Bertz CT molecular complexity index is 1870. The summed E-state index contributed by atoms with van der Waals surface area (Å²) in [7, 11) is 0. The molecule has 0 saturated heterocycles. The smallest absolute Gasteiger partial charge is 0.186 e. The molecular formula is C49H65N3O5. The van der Waals surface area contributed by atoms with Gasteiger partial charge in [0, 0.05) is 35.8 Å². The fourth-order valence-electron chi connectivity index (χ4n) is 10.8. The summed E-state index contributed by atoms with van der Waals surface area (Å²) in [6.07, 6.45) is 22.1. The number of benzene rings is 2. The number of hydrogen-bond acceptors (Lipinski definition) is 6. The number of aliphatic imine (C=N–C) groups is 1. The molecule has 306 valence electrons. The number of unbranched alkanes of at least 4 members (excludes halogenated alkanes) is 1. The molecular weight excluding hydrogens is 711 g/mol. The van der Waals surface area contributed by atoms with Gasteiger partial charge in [-0.25, -0.2) is 4.99 Å². The van der Waals surface area contributed by atoms with E-state index in [2.05, 4.69) is 37.8 Å². The van der Waals surface area contributed by atoms with Crippen LogP contribution in [0.25, 0.3) is 0 Å². The van der Waals surface area contributed by atoms with Crippen molar-refractivity contribution in [1.82, 2.24) is 0 Å². The van der Waals surface area contributed by atoms with E-state index in [1.54, 1.807) is 12.1 Å². The van der Waals surface area contributed by atoms with Gasteiger partial charge >= 0.3 is 0 Å². The van der Waals surface area contributed by atoms with Crippen molar-refractivity contribution in [1.29, 1.82) is 0 Å². The number of allylic oxidation sites excluding steroid dienone is 4. The van der Waals surface area contributed by atoms with Crippen molar-refractivity contribution in [2.75, 3.05) is 6.61 Å². The van der Waals surface area contributed by atoms with Crippen LogP contribution < -0.4 is 16.2 Å². The summed E-state index contributed by atoms with van der Waals surface area (Å²) in [5.74, 6) is 8.62. The molecule has 2 aromatic rings. The minimum atomic E-state index is -0.227. The molecule has 57 heavy (non-hydrogen) atoms. The number of phenols is 2. The Balaban J connectivity index is 1.43. The van der Waals surface area contributed by atoms with Gasteiger partial charge in [-0.15, -0.1) is 0 Å². The van der Waals surface area contributed by atoms with Crippen LogP contribution in [0.1, 0.15) is 151 Å². The number of carbonyl (C=O) groups excluding carboxylic acids is 1. The zero-order valence-electron chi connectivity index (χ0n) is 34.3. The number of nitrogens with zero attached hydrogens (tertiary/aromatic N) is 1. The molecule has 0 amide bonds. The van der Waals surface area contributed by atoms with Crippen molar-refractivity contribution < 1.29 is 24.5 Å². The molecule has 3 saturated carbocycles. The van der Waals surface area contributed by atoms with Crippen molar-refractivity contribution in [3.05, 3.63) is 76.4 Å². The minimum absolute atomic E-state index is 0.00485. The summed E-state index contributed by atoms with van der Waals surface area (Å²) in [5.41, 5.74) is 17.2. The van der Waals surface area contributed by atoms with E-state index in [1.807, 2.05) is 24.3 Å². The lowest BCUT2D eigenvalue weighted by molar-refractivity contribution is -0.114. The van der Waals surface area contributed by atoms with Gasteiger partial charge in [0.15, 0.2) is 23.2 Å². The highest BCUT2D eigenvalue weighted by Gasteiger charge is 2.49. The summed E-state index contributed by atoms with van der Waals surface area (Å²) in [5, 5.41) is 23.5. The summed E-state index contributed by atoms with van der Waals surface area (Å²) >= 11 is 0. The third-order valence-electron chi connectivity index (χ3n) is 13.5. The van der Waals surface area contributed by atoms with Crippen molar-refractivity contribution in [3.8, 4) is 29.1 Å². The number of nitrogens with two attached hydrogens (primary N) is 2. The van der Waals surface area contributed by atoms with Crippen molar-refractivity contribution in [3.63, 3.8) is 0 Å². The van der Waals surface area contributed by atoms with Gasteiger partial charge in [-0.1, -0.05) is 81.2 Å². The van der Waals surface area contributed by atoms with E-state index in [4.69, 9.17) is 25.9 Å². The SMILES string of the molecule is CCC/C=C/C(=O)CCc1cc(OC2CCCC2)c(O)c2c1C#CC[C@H](N=C(N)N)C[C@H]1C=C3[C@@H](C[C@H](C)C[C@@H]3c3cccc(O)c3)[C@H]2[C@H]1COC1CCCCC1. The topological polar surface area (TPSA) is 140 Å². The molecule has 3 fully saturated rings. The normalized spacial score (nSPS) is 27.8. The van der Waals surface area contributed by atoms with Crippen molar-refractivity contribution in [2.45, 2.75) is 153 Å². The first-order valence-corrected chi connectivity index (χ1v) is 22.1. The Labute approximate surface area is 340 Å². The van der Waals surface area contributed by atoms with Crippen LogP contribution in [0.15, 0.2) is 59.1 Å². The average Bonchev–Trinajstić information content (AvgIpc) is 3.71. The van der Waals surface area contributed by atoms with E-state index in [1.165, 1.54) is 24.8 Å². The van der Waals surface area contributed by atoms with E-state index in [-0.39, 0.29) is 71.1 Å². The van der Waals surface area contributed by atoms with Gasteiger partial charge in [0.25, 0.3) is 0 Å². The number of rotatable bonds is 13. The molecule has 0 radical (unpaired) electrons. The molecule has 0 spiro atoms. The molecule has 0 aromatic heterocycles. The number of ketones is 1. The van der Waals surface area contributed by atoms with E-state index in [0.717, 1.165) is 86.5 Å². The van der Waals surface area contributed by atoms with Gasteiger partial charge in [0.05, 0.1) is 24.9 Å². The molecule has 0 unspecified atom stereocenters. The third kappa shape index (κ3) is 9.91. The number of carbonyl (C=O) groups is 1. The monoisotopic (exact) mass is 775 g/mol. The van der Waals surface area contributed by atoms with Gasteiger partial charge in [0.1, 0.15) is 5.75 Å². The number of guanidine groups is 1. The predicted molar refractivity (Wildman–Crippen MR) is 227 cm³/mol. The Morgan fingerprint density at radius 1 is 1.00 bits per heavy atom. The molecule has 7 rings (SSSR count). The minimum Gasteiger partial charge on any atom is -0.508 e. The maximum absolute atomic E-state index is 13.3. The van der Waals surface area contributed by atoms with Gasteiger partial charge in [0.2, 0.25) is 0 Å². The van der Waals surface area contributed by atoms with E-state index < -0.39 is 0 Å². The number of hydrogen-bond donors (Lipinski definition) is 4. The standard InChI is InChI=1S/C49H65N3O5/c1-3-4-6-15-36(53)23-22-33-29-45(57-39-19-9-10-20-39)48(55)47-40(33)21-12-14-35(52-49(50)51)26-34-28-42-41(32-13-11-16-37(54)27-32)24-31(2)25-43(42)46(47)44(34)30-56-38-17-7-5-8-18-38/h6,11,13,15-16,27-29,31,34-35,38-39,41,43-44,46,54-55H,3-5,7-10,14,17-20,22-26,30H2,1-2H3,(H4,50,51,52)/b15-6+/t31-,34+,35+,41-,43-,44+,46+/m1/s1. The number of fused-ring (bicyclic) bond motifs is 6. The highest BCUT2D eigenvalue weighted by atomic mass is 16.5. The lowest BCUT2D eigenvalue weighted by Crippen LogP contribution is -2.42. The van der Waals surface area contributed by atoms with E-state index in [9.17, 15) is 15.0 Å². The highest BCUT2D eigenvalue weighted by Crippen LogP contribution is 2.59. The number of aryl methyl sites for hydroxylation is 1. The molecule has 2 bridgehead atoms. The first-order chi connectivity index (χ1) is 27.7. The summed E-state index contributed by atoms with van der Waals surface area (Å²) in [6, 6.07) is 9.50. The van der Waals surface area contributed by atoms with Gasteiger partial charge in [-0.05, 0) is 130 Å². The second-order valence-corrected chi connectivity index (χ2v) is 17.7. The fraction of sp³-hybridized carbons (Fsp3) is 0.592. The molecule has 2 aromatic carbocycles. The lowest BCUT2D eigenvalue weighted by atomic mass is 9.55. The van der Waals surface area contributed by atoms with Crippen LogP contribution >= 0.6 is 0 Å². The quantitative estimate of drug-likeness (QED) is 0.0523. The fourth-order valence-corrected chi connectivity index (χ4v) is 10.8. The molecule has 8 heteroatoms. The third-order valence-corrected chi connectivity index (χ3v) is 13.5. The number of aromatic hydroxyl groups is 2. The average molecular weight is 776 g/mol. The highest BCUT2D eigenvalue weighted by molar-refractivity contribution is 5.89. The van der Waals surface area contributed by atoms with Gasteiger partial charge in [-0.3, -0.25) is 4.79 Å². The first kappa shape index (κ1) is 41.0. The molecule has 6 N–H and O–H groups in total. The maximum Gasteiger partial charge on any atom is 0.186 e. The van der Waals surface area contributed by atoms with Crippen LogP contribution in [0, 0.1) is 35.5 Å². The van der Waals surface area contributed by atoms with Crippen LogP contribution in [0.5, 0.6) is 17.2 Å². The summed E-state index contributed by atoms with van der Waals surface area (Å²) in [6.45, 7) is 5.00. The molecule has 7 atom stereocenters. The largest absolute Gasteiger partial charge is 0.508 e. The van der Waals surface area contributed by atoms with Crippen molar-refractivity contribution >= 4 is 11.7 Å². The maximum atomic E-state index is 13.3. The van der Waals surface area contributed by atoms with Crippen LogP contribution in [0.3, 0.4) is 0 Å². The zero-order valence-corrected chi connectivity index (χ0v) is 34.3. The zero-order chi connectivity index (χ0) is 39.9. The molecule has 0 aliphatic heterocycles. The second-order valence-electron chi connectivity index (χ2n) is 17.7. The van der Waals surface area contributed by atoms with Crippen molar-refractivity contribution in [2.24, 2.45) is 40.1 Å². The number of ether oxygens (including phenoxy) is 2. The molecule has 5 aliphatic rings. The summed E-state index contributed by atoms with van der Waals surface area (Å²) < 4.78 is 13.7. The lowest BCUT2D eigenvalue weighted by Gasteiger charge is -2.50. The Kier molecular flexibility index (Phi) is 13.7. The van der Waals surface area contributed by atoms with Crippen LogP contribution in [0.4, 0.5) is 0 Å². The van der Waals surface area contributed by atoms with Crippen LogP contribution in [-0.4, -0.2) is 46.8 Å². The van der Waals surface area contributed by atoms with Crippen LogP contribution in [-0.2, 0) is 16.0 Å². The van der Waals surface area contributed by atoms with Gasteiger partial charge < -0.3 is 31.2 Å². The van der Waals surface area contributed by atoms with E-state index >= 15 is 0 Å². The van der Waals surface area contributed by atoms with Gasteiger partial charge in [-0.2, -0.15) is 0 Å². The van der Waals surface area contributed by atoms with Crippen LogP contribution in [0.2, 0.25) is 0 Å². The first-order valence-electron chi connectivity index (χ1n) is 22.1. The predicted octanol–water partition coefficient (Wildman–Crippen LogP) is 9.50. The summed E-state index contributed by atoms with van der Waals surface area (Å²) in [4.78, 5) is 18.0. The van der Waals surface area contributed by atoms with E-state index in [0.29, 0.717) is 44.0 Å². The molecule has 8 nitrogen and oxygen atoms in total.